The van der Waals surface area contributed by atoms with E-state index < -0.39 is 0 Å². The van der Waals surface area contributed by atoms with Crippen LogP contribution in [-0.4, -0.2) is 23.4 Å². The summed E-state index contributed by atoms with van der Waals surface area (Å²) < 4.78 is 0. The number of hydrogen-bond donors (Lipinski definition) is 0. The SMILES string of the molecule is CC1(C)CC2CC(C)(CN2C(=O)c2ccc3ccccc3c2)C1. The fourth-order valence-corrected chi connectivity index (χ4v) is 5.19. The van der Waals surface area contributed by atoms with Crippen LogP contribution in [0.3, 0.4) is 0 Å². The second kappa shape index (κ2) is 4.83. The maximum absolute atomic E-state index is 13.1. The zero-order valence-electron chi connectivity index (χ0n) is 14.3. The molecule has 1 saturated carbocycles. The zero-order valence-corrected chi connectivity index (χ0v) is 14.3. The lowest BCUT2D eigenvalue weighted by atomic mass is 9.65. The number of hydrogen-bond acceptors (Lipinski definition) is 1. The van der Waals surface area contributed by atoms with Crippen LogP contribution in [0.1, 0.15) is 50.4 Å². The lowest BCUT2D eigenvalue weighted by Gasteiger charge is -2.39. The van der Waals surface area contributed by atoms with Gasteiger partial charge in [0, 0.05) is 18.2 Å². The molecule has 1 aliphatic heterocycles. The van der Waals surface area contributed by atoms with Crippen LogP contribution in [0.4, 0.5) is 0 Å². The van der Waals surface area contributed by atoms with Crippen LogP contribution < -0.4 is 0 Å². The smallest absolute Gasteiger partial charge is 0.254 e. The highest BCUT2D eigenvalue weighted by atomic mass is 16.2. The summed E-state index contributed by atoms with van der Waals surface area (Å²) in [6.45, 7) is 7.96. The Morgan fingerprint density at radius 1 is 1.04 bits per heavy atom. The highest BCUT2D eigenvalue weighted by Gasteiger charge is 2.50. The Balaban J connectivity index is 1.66. The van der Waals surface area contributed by atoms with E-state index in [9.17, 15) is 4.79 Å². The zero-order chi connectivity index (χ0) is 16.2. The Bertz CT molecular complexity index is 778. The van der Waals surface area contributed by atoms with E-state index in [0.29, 0.717) is 16.9 Å². The lowest BCUT2D eigenvalue weighted by molar-refractivity contribution is 0.0708. The first-order valence-corrected chi connectivity index (χ1v) is 8.65. The average molecular weight is 307 g/mol. The van der Waals surface area contributed by atoms with Crippen molar-refractivity contribution in [2.24, 2.45) is 10.8 Å². The van der Waals surface area contributed by atoms with E-state index in [4.69, 9.17) is 0 Å². The number of rotatable bonds is 1. The molecule has 1 saturated heterocycles. The Morgan fingerprint density at radius 2 is 1.78 bits per heavy atom. The minimum absolute atomic E-state index is 0.210. The molecule has 2 aliphatic rings. The topological polar surface area (TPSA) is 20.3 Å². The third-order valence-electron chi connectivity index (χ3n) is 5.67. The van der Waals surface area contributed by atoms with Gasteiger partial charge in [-0.05, 0) is 53.0 Å². The molecule has 2 heteroatoms. The van der Waals surface area contributed by atoms with Gasteiger partial charge in [0.2, 0.25) is 0 Å². The fourth-order valence-electron chi connectivity index (χ4n) is 5.19. The Hall–Kier alpha value is -1.83. The van der Waals surface area contributed by atoms with Crippen molar-refractivity contribution in [1.29, 1.82) is 0 Å². The van der Waals surface area contributed by atoms with E-state index in [-0.39, 0.29) is 5.91 Å². The summed E-state index contributed by atoms with van der Waals surface area (Å²) in [6.07, 6.45) is 3.51. The van der Waals surface area contributed by atoms with Crippen molar-refractivity contribution in [3.8, 4) is 0 Å². The van der Waals surface area contributed by atoms with Crippen LogP contribution in [0.2, 0.25) is 0 Å². The highest BCUT2D eigenvalue weighted by Crippen LogP contribution is 2.52. The number of fused-ring (bicyclic) bond motifs is 3. The predicted molar refractivity (Wildman–Crippen MR) is 94.5 cm³/mol. The fraction of sp³-hybridized carbons (Fsp3) is 0.476. The van der Waals surface area contributed by atoms with Crippen LogP contribution in [0.15, 0.2) is 42.5 Å². The minimum atomic E-state index is 0.210. The standard InChI is InChI=1S/C21H25NO/c1-20(2)11-18-12-21(3,13-20)14-22(18)19(23)17-9-8-15-6-4-5-7-16(15)10-17/h4-10,18H,11-14H2,1-3H3. The van der Waals surface area contributed by atoms with Crippen LogP contribution in [0.5, 0.6) is 0 Å². The molecule has 2 aromatic carbocycles. The summed E-state index contributed by atoms with van der Waals surface area (Å²) in [6, 6.07) is 14.8. The van der Waals surface area contributed by atoms with E-state index in [1.54, 1.807) is 0 Å². The average Bonchev–Trinajstić information content (AvgIpc) is 2.75. The Labute approximate surface area is 138 Å². The van der Waals surface area contributed by atoms with Crippen LogP contribution in [0, 0.1) is 10.8 Å². The van der Waals surface area contributed by atoms with E-state index in [1.807, 2.05) is 24.3 Å². The molecule has 2 atom stereocenters. The summed E-state index contributed by atoms with van der Waals surface area (Å²) in [4.78, 5) is 15.3. The number of amides is 1. The molecule has 2 bridgehead atoms. The van der Waals surface area contributed by atoms with Crippen molar-refractivity contribution >= 4 is 16.7 Å². The minimum Gasteiger partial charge on any atom is -0.335 e. The molecule has 2 unspecified atom stereocenters. The highest BCUT2D eigenvalue weighted by molar-refractivity contribution is 5.99. The van der Waals surface area contributed by atoms with Gasteiger partial charge >= 0.3 is 0 Å². The maximum atomic E-state index is 13.1. The molecule has 0 aromatic heterocycles. The van der Waals surface area contributed by atoms with Gasteiger partial charge in [-0.15, -0.1) is 0 Å². The number of carbonyl (C=O) groups excluding carboxylic acids is 1. The van der Waals surface area contributed by atoms with Gasteiger partial charge in [-0.25, -0.2) is 0 Å². The van der Waals surface area contributed by atoms with Crippen molar-refractivity contribution < 1.29 is 4.79 Å². The van der Waals surface area contributed by atoms with Gasteiger partial charge in [0.05, 0.1) is 0 Å². The number of likely N-dealkylation sites (tertiary alicyclic amines) is 1. The molecule has 1 aliphatic carbocycles. The van der Waals surface area contributed by atoms with Gasteiger partial charge in [-0.3, -0.25) is 4.79 Å². The van der Waals surface area contributed by atoms with Crippen molar-refractivity contribution in [1.82, 2.24) is 4.90 Å². The van der Waals surface area contributed by atoms with Crippen molar-refractivity contribution in [2.75, 3.05) is 6.54 Å². The van der Waals surface area contributed by atoms with Crippen LogP contribution in [0.25, 0.3) is 10.8 Å². The van der Waals surface area contributed by atoms with Crippen LogP contribution >= 0.6 is 0 Å². The molecule has 0 radical (unpaired) electrons. The molecule has 1 amide bonds. The number of nitrogens with zero attached hydrogens (tertiary/aromatic N) is 1. The normalized spacial score (nSPS) is 29.0. The maximum Gasteiger partial charge on any atom is 0.254 e. The molecule has 0 N–H and O–H groups in total. The molecule has 4 rings (SSSR count). The first-order chi connectivity index (χ1) is 10.9. The van der Waals surface area contributed by atoms with E-state index in [2.05, 4.69) is 43.9 Å². The largest absolute Gasteiger partial charge is 0.335 e. The van der Waals surface area contributed by atoms with Gasteiger partial charge in [0.1, 0.15) is 0 Å². The Kier molecular flexibility index (Phi) is 3.10. The second-order valence-electron chi connectivity index (χ2n) is 8.71. The van der Waals surface area contributed by atoms with Crippen molar-refractivity contribution in [2.45, 2.75) is 46.1 Å². The molecule has 23 heavy (non-hydrogen) atoms. The summed E-state index contributed by atoms with van der Waals surface area (Å²) in [5.41, 5.74) is 1.47. The van der Waals surface area contributed by atoms with E-state index in [1.165, 1.54) is 11.8 Å². The third-order valence-corrected chi connectivity index (χ3v) is 5.67. The summed E-state index contributed by atoms with van der Waals surface area (Å²) >= 11 is 0. The summed E-state index contributed by atoms with van der Waals surface area (Å²) in [7, 11) is 0. The van der Waals surface area contributed by atoms with Gasteiger partial charge in [-0.1, -0.05) is 51.1 Å². The van der Waals surface area contributed by atoms with Gasteiger partial charge < -0.3 is 4.90 Å². The quantitative estimate of drug-likeness (QED) is 0.735. The molecule has 2 aromatic rings. The number of carbonyl (C=O) groups is 1. The number of benzene rings is 2. The van der Waals surface area contributed by atoms with E-state index in [0.717, 1.165) is 30.3 Å². The first-order valence-electron chi connectivity index (χ1n) is 8.65. The molecule has 2 nitrogen and oxygen atoms in total. The third kappa shape index (κ3) is 2.54. The van der Waals surface area contributed by atoms with Crippen molar-refractivity contribution in [3.05, 3.63) is 48.0 Å². The van der Waals surface area contributed by atoms with Gasteiger partial charge in [-0.2, -0.15) is 0 Å². The Morgan fingerprint density at radius 3 is 2.57 bits per heavy atom. The van der Waals surface area contributed by atoms with Crippen LogP contribution in [-0.2, 0) is 0 Å². The predicted octanol–water partition coefficient (Wildman–Crippen LogP) is 4.88. The summed E-state index contributed by atoms with van der Waals surface area (Å²) in [5, 5.41) is 2.34. The van der Waals surface area contributed by atoms with Gasteiger partial charge in [0.25, 0.3) is 5.91 Å². The molecule has 2 fully saturated rings. The van der Waals surface area contributed by atoms with Gasteiger partial charge in [0.15, 0.2) is 0 Å². The molecule has 1 heterocycles. The lowest BCUT2D eigenvalue weighted by Crippen LogP contribution is -2.37. The second-order valence-corrected chi connectivity index (χ2v) is 8.71. The van der Waals surface area contributed by atoms with Crippen molar-refractivity contribution in [3.63, 3.8) is 0 Å². The van der Waals surface area contributed by atoms with E-state index >= 15 is 0 Å². The molecular formula is C21H25NO. The molecule has 0 spiro atoms. The molecular weight excluding hydrogens is 282 g/mol. The summed E-state index contributed by atoms with van der Waals surface area (Å²) in [5.74, 6) is 0.210. The monoisotopic (exact) mass is 307 g/mol. The molecule has 120 valence electrons. The first kappa shape index (κ1) is 14.7.